The highest BCUT2D eigenvalue weighted by Crippen LogP contribution is 2.16. The average Bonchev–Trinajstić information content (AvgIpc) is 2.41. The number of unbranched alkanes of at least 4 members (excludes halogenated alkanes) is 1. The first kappa shape index (κ1) is 15.0. The maximum Gasteiger partial charge on any atom is 0.0366 e. The van der Waals surface area contributed by atoms with Gasteiger partial charge in [-0.3, -0.25) is 0 Å². The third kappa shape index (κ3) is 4.69. The van der Waals surface area contributed by atoms with Crippen molar-refractivity contribution in [2.45, 2.75) is 52.5 Å². The first-order chi connectivity index (χ1) is 8.71. The minimum atomic E-state index is 0.290. The second kappa shape index (κ2) is 8.15. The van der Waals surface area contributed by atoms with Crippen LogP contribution in [0.1, 0.15) is 45.6 Å². The fraction of sp³-hybridized carbons (Fsp3) is 0.625. The lowest BCUT2D eigenvalue weighted by molar-refractivity contribution is 0.646. The van der Waals surface area contributed by atoms with Gasteiger partial charge in [-0.1, -0.05) is 32.4 Å². The molecule has 0 radical (unpaired) electrons. The third-order valence-electron chi connectivity index (χ3n) is 3.49. The number of nitrogens with two attached hydrogens (primary N) is 1. The van der Waals surface area contributed by atoms with Crippen LogP contribution in [0.3, 0.4) is 0 Å². The molecule has 1 unspecified atom stereocenters. The second-order valence-electron chi connectivity index (χ2n) is 4.97. The molecule has 1 aromatic rings. The van der Waals surface area contributed by atoms with Crippen LogP contribution in [-0.4, -0.2) is 19.1 Å². The highest BCUT2D eigenvalue weighted by molar-refractivity contribution is 5.47. The van der Waals surface area contributed by atoms with Crippen molar-refractivity contribution < 1.29 is 0 Å². The standard InChI is InChI=1S/C16H28N2/c1-4-7-12-18(6-3)16-10-8-14(9-11-16)13-15(17)5-2/h8-11,15H,4-7,12-13,17H2,1-3H3. The SMILES string of the molecule is CCCCN(CC)c1ccc(CC(N)CC)cc1. The van der Waals surface area contributed by atoms with E-state index in [2.05, 4.69) is 49.9 Å². The monoisotopic (exact) mass is 248 g/mol. The molecule has 0 saturated heterocycles. The van der Waals surface area contributed by atoms with Crippen LogP contribution in [0.2, 0.25) is 0 Å². The normalized spacial score (nSPS) is 12.4. The van der Waals surface area contributed by atoms with Crippen LogP contribution < -0.4 is 10.6 Å². The van der Waals surface area contributed by atoms with Gasteiger partial charge in [0.25, 0.3) is 0 Å². The van der Waals surface area contributed by atoms with Gasteiger partial charge in [0.2, 0.25) is 0 Å². The zero-order valence-corrected chi connectivity index (χ0v) is 12.2. The van der Waals surface area contributed by atoms with Gasteiger partial charge in [0.1, 0.15) is 0 Å². The van der Waals surface area contributed by atoms with Crippen LogP contribution in [0.4, 0.5) is 5.69 Å². The maximum atomic E-state index is 5.98. The maximum absolute atomic E-state index is 5.98. The van der Waals surface area contributed by atoms with Crippen LogP contribution in [0.25, 0.3) is 0 Å². The largest absolute Gasteiger partial charge is 0.372 e. The van der Waals surface area contributed by atoms with Crippen molar-refractivity contribution in [1.29, 1.82) is 0 Å². The summed E-state index contributed by atoms with van der Waals surface area (Å²) in [6, 6.07) is 9.20. The first-order valence-corrected chi connectivity index (χ1v) is 7.30. The Kier molecular flexibility index (Phi) is 6.81. The van der Waals surface area contributed by atoms with E-state index in [9.17, 15) is 0 Å². The van der Waals surface area contributed by atoms with Gasteiger partial charge in [-0.25, -0.2) is 0 Å². The number of hydrogen-bond acceptors (Lipinski definition) is 2. The Morgan fingerprint density at radius 3 is 2.28 bits per heavy atom. The molecule has 0 fully saturated rings. The fourth-order valence-electron chi connectivity index (χ4n) is 2.11. The van der Waals surface area contributed by atoms with Crippen molar-refractivity contribution in [3.05, 3.63) is 29.8 Å². The predicted molar refractivity (Wildman–Crippen MR) is 81.2 cm³/mol. The summed E-state index contributed by atoms with van der Waals surface area (Å²) in [5.74, 6) is 0. The van der Waals surface area contributed by atoms with Gasteiger partial charge in [0.05, 0.1) is 0 Å². The van der Waals surface area contributed by atoms with E-state index in [0.29, 0.717) is 6.04 Å². The summed E-state index contributed by atoms with van der Waals surface area (Å²) in [4.78, 5) is 2.44. The molecule has 0 bridgehead atoms. The van der Waals surface area contributed by atoms with Crippen LogP contribution in [0.5, 0.6) is 0 Å². The van der Waals surface area contributed by atoms with Crippen LogP contribution in [0, 0.1) is 0 Å². The topological polar surface area (TPSA) is 29.3 Å². The van der Waals surface area contributed by atoms with Gasteiger partial charge in [0.15, 0.2) is 0 Å². The van der Waals surface area contributed by atoms with Crippen molar-refractivity contribution in [1.82, 2.24) is 0 Å². The molecule has 2 nitrogen and oxygen atoms in total. The highest BCUT2D eigenvalue weighted by Gasteiger charge is 2.05. The lowest BCUT2D eigenvalue weighted by atomic mass is 10.0. The van der Waals surface area contributed by atoms with Crippen LogP contribution in [-0.2, 0) is 6.42 Å². The Balaban J connectivity index is 2.62. The molecule has 102 valence electrons. The second-order valence-corrected chi connectivity index (χ2v) is 4.97. The molecule has 1 rings (SSSR count). The Morgan fingerprint density at radius 1 is 1.11 bits per heavy atom. The summed E-state index contributed by atoms with van der Waals surface area (Å²) in [5, 5.41) is 0. The summed E-state index contributed by atoms with van der Waals surface area (Å²) in [6.07, 6.45) is 4.54. The molecule has 2 N–H and O–H groups in total. The summed E-state index contributed by atoms with van der Waals surface area (Å²) >= 11 is 0. The van der Waals surface area contributed by atoms with Gasteiger partial charge >= 0.3 is 0 Å². The Bertz CT molecular complexity index is 318. The van der Waals surface area contributed by atoms with Crippen LogP contribution in [0.15, 0.2) is 24.3 Å². The van der Waals surface area contributed by atoms with Crippen molar-refractivity contribution >= 4 is 5.69 Å². The van der Waals surface area contributed by atoms with Gasteiger partial charge in [-0.15, -0.1) is 0 Å². The average molecular weight is 248 g/mol. The number of benzene rings is 1. The number of rotatable bonds is 8. The van der Waals surface area contributed by atoms with Crippen LogP contribution >= 0.6 is 0 Å². The molecule has 0 aromatic heterocycles. The molecule has 0 aliphatic rings. The van der Waals surface area contributed by atoms with Gasteiger partial charge in [-0.2, -0.15) is 0 Å². The van der Waals surface area contributed by atoms with Crippen molar-refractivity contribution in [3.8, 4) is 0 Å². The molecule has 0 spiro atoms. The van der Waals surface area contributed by atoms with E-state index in [0.717, 1.165) is 25.9 Å². The lowest BCUT2D eigenvalue weighted by Gasteiger charge is -2.23. The van der Waals surface area contributed by atoms with E-state index in [-0.39, 0.29) is 0 Å². The van der Waals surface area contributed by atoms with Gasteiger partial charge in [-0.05, 0) is 43.9 Å². The fourth-order valence-corrected chi connectivity index (χ4v) is 2.11. The molecule has 0 aliphatic heterocycles. The minimum absolute atomic E-state index is 0.290. The summed E-state index contributed by atoms with van der Waals surface area (Å²) in [5.41, 5.74) is 8.66. The molecule has 0 aliphatic carbocycles. The third-order valence-corrected chi connectivity index (χ3v) is 3.49. The number of anilines is 1. The Morgan fingerprint density at radius 2 is 1.78 bits per heavy atom. The molecule has 0 saturated carbocycles. The minimum Gasteiger partial charge on any atom is -0.372 e. The molecule has 1 atom stereocenters. The number of hydrogen-bond donors (Lipinski definition) is 1. The van der Waals surface area contributed by atoms with E-state index in [1.807, 2.05) is 0 Å². The smallest absolute Gasteiger partial charge is 0.0366 e. The molecular formula is C16H28N2. The molecule has 0 amide bonds. The molecular weight excluding hydrogens is 220 g/mol. The quantitative estimate of drug-likeness (QED) is 0.761. The Labute approximate surface area is 112 Å². The Hall–Kier alpha value is -1.02. The van der Waals surface area contributed by atoms with E-state index < -0.39 is 0 Å². The van der Waals surface area contributed by atoms with Crippen molar-refractivity contribution in [3.63, 3.8) is 0 Å². The first-order valence-electron chi connectivity index (χ1n) is 7.30. The molecule has 18 heavy (non-hydrogen) atoms. The molecule has 0 heterocycles. The lowest BCUT2D eigenvalue weighted by Crippen LogP contribution is -2.24. The summed E-state index contributed by atoms with van der Waals surface area (Å²) in [7, 11) is 0. The van der Waals surface area contributed by atoms with E-state index in [1.165, 1.54) is 24.1 Å². The van der Waals surface area contributed by atoms with E-state index in [1.54, 1.807) is 0 Å². The zero-order chi connectivity index (χ0) is 13.4. The van der Waals surface area contributed by atoms with Crippen molar-refractivity contribution in [2.24, 2.45) is 5.73 Å². The van der Waals surface area contributed by atoms with Gasteiger partial charge in [0, 0.05) is 24.8 Å². The van der Waals surface area contributed by atoms with E-state index in [4.69, 9.17) is 5.73 Å². The van der Waals surface area contributed by atoms with Gasteiger partial charge < -0.3 is 10.6 Å². The molecule has 1 aromatic carbocycles. The predicted octanol–water partition coefficient (Wildman–Crippen LogP) is 3.59. The molecule has 2 heteroatoms. The summed E-state index contributed by atoms with van der Waals surface area (Å²) in [6.45, 7) is 8.83. The zero-order valence-electron chi connectivity index (χ0n) is 12.2. The highest BCUT2D eigenvalue weighted by atomic mass is 15.1. The summed E-state index contributed by atoms with van der Waals surface area (Å²) < 4.78 is 0. The van der Waals surface area contributed by atoms with Crippen molar-refractivity contribution in [2.75, 3.05) is 18.0 Å². The number of nitrogens with zero attached hydrogens (tertiary/aromatic N) is 1. The van der Waals surface area contributed by atoms with E-state index >= 15 is 0 Å².